The zero-order chi connectivity index (χ0) is 14.7. The van der Waals surface area contributed by atoms with Gasteiger partial charge in [0, 0.05) is 22.1 Å². The minimum absolute atomic E-state index is 0.0169. The van der Waals surface area contributed by atoms with Gasteiger partial charge in [-0.2, -0.15) is 0 Å². The number of nitrogens with one attached hydrogen (secondary N) is 1. The van der Waals surface area contributed by atoms with Gasteiger partial charge in [-0.15, -0.1) is 0 Å². The Morgan fingerprint density at radius 3 is 2.70 bits per heavy atom. The summed E-state index contributed by atoms with van der Waals surface area (Å²) in [6.45, 7) is 2.49. The van der Waals surface area contributed by atoms with Crippen molar-refractivity contribution < 1.29 is 4.92 Å². The van der Waals surface area contributed by atoms with Crippen LogP contribution in [0.3, 0.4) is 0 Å². The standard InChI is InChI=1S/C14H12BrClN2O2/c1-9-6-10(2-4-12(9)15)8-17-13-7-11(16)3-5-14(13)18(19)20/h2-7,17H,8H2,1H3. The van der Waals surface area contributed by atoms with Crippen molar-refractivity contribution in [2.75, 3.05) is 5.32 Å². The molecule has 6 heteroatoms. The van der Waals surface area contributed by atoms with Gasteiger partial charge in [0.1, 0.15) is 5.69 Å². The van der Waals surface area contributed by atoms with Crippen molar-refractivity contribution in [3.63, 3.8) is 0 Å². The number of hydrogen-bond donors (Lipinski definition) is 1. The summed E-state index contributed by atoms with van der Waals surface area (Å²) >= 11 is 9.32. The number of hydrogen-bond acceptors (Lipinski definition) is 3. The number of nitrogens with zero attached hydrogens (tertiary/aromatic N) is 1. The zero-order valence-corrected chi connectivity index (χ0v) is 13.0. The Morgan fingerprint density at radius 1 is 1.30 bits per heavy atom. The number of halogens is 2. The summed E-state index contributed by atoms with van der Waals surface area (Å²) in [5, 5.41) is 14.5. The van der Waals surface area contributed by atoms with E-state index in [1.807, 2.05) is 25.1 Å². The van der Waals surface area contributed by atoms with Crippen molar-refractivity contribution in [2.45, 2.75) is 13.5 Å². The first-order chi connectivity index (χ1) is 9.47. The zero-order valence-electron chi connectivity index (χ0n) is 10.7. The lowest BCUT2D eigenvalue weighted by atomic mass is 10.1. The number of anilines is 1. The SMILES string of the molecule is Cc1cc(CNc2cc(Cl)ccc2[N+](=O)[O-])ccc1Br. The van der Waals surface area contributed by atoms with E-state index >= 15 is 0 Å². The lowest BCUT2D eigenvalue weighted by Gasteiger charge is -2.09. The Labute approximate surface area is 130 Å². The van der Waals surface area contributed by atoms with Crippen LogP contribution in [0.5, 0.6) is 0 Å². The van der Waals surface area contributed by atoms with E-state index in [0.29, 0.717) is 17.3 Å². The molecule has 4 nitrogen and oxygen atoms in total. The summed E-state index contributed by atoms with van der Waals surface area (Å²) in [6, 6.07) is 10.4. The Balaban J connectivity index is 2.20. The Hall–Kier alpha value is -1.59. The lowest BCUT2D eigenvalue weighted by Crippen LogP contribution is -2.03. The molecule has 0 atom stereocenters. The van der Waals surface area contributed by atoms with Crippen LogP contribution in [0.4, 0.5) is 11.4 Å². The number of benzene rings is 2. The third-order valence-corrected chi connectivity index (χ3v) is 3.99. The first kappa shape index (κ1) is 14.8. The monoisotopic (exact) mass is 354 g/mol. The van der Waals surface area contributed by atoms with Crippen LogP contribution in [0.2, 0.25) is 5.02 Å². The van der Waals surface area contributed by atoms with Crippen molar-refractivity contribution in [3.8, 4) is 0 Å². The average Bonchev–Trinajstić information content (AvgIpc) is 2.40. The second-order valence-electron chi connectivity index (χ2n) is 4.36. The summed E-state index contributed by atoms with van der Waals surface area (Å²) in [5.41, 5.74) is 2.59. The van der Waals surface area contributed by atoms with E-state index in [1.54, 1.807) is 6.07 Å². The van der Waals surface area contributed by atoms with Gasteiger partial charge in [0.25, 0.3) is 5.69 Å². The topological polar surface area (TPSA) is 55.2 Å². The van der Waals surface area contributed by atoms with Crippen LogP contribution in [-0.2, 0) is 6.54 Å². The molecule has 2 aromatic rings. The van der Waals surface area contributed by atoms with Crippen LogP contribution >= 0.6 is 27.5 Å². The van der Waals surface area contributed by atoms with Gasteiger partial charge in [0.2, 0.25) is 0 Å². The molecule has 0 heterocycles. The second-order valence-corrected chi connectivity index (χ2v) is 5.65. The van der Waals surface area contributed by atoms with Crippen LogP contribution in [0, 0.1) is 17.0 Å². The van der Waals surface area contributed by atoms with Crippen LogP contribution < -0.4 is 5.32 Å². The van der Waals surface area contributed by atoms with Crippen LogP contribution in [-0.4, -0.2) is 4.92 Å². The van der Waals surface area contributed by atoms with Crippen molar-refractivity contribution >= 4 is 38.9 Å². The molecule has 0 aliphatic carbocycles. The molecule has 2 rings (SSSR count). The highest BCUT2D eigenvalue weighted by Crippen LogP contribution is 2.28. The first-order valence-corrected chi connectivity index (χ1v) is 7.07. The predicted octanol–water partition coefficient (Wildman–Crippen LogP) is 4.93. The molecule has 1 N–H and O–H groups in total. The van der Waals surface area contributed by atoms with Gasteiger partial charge in [-0.3, -0.25) is 10.1 Å². The van der Waals surface area contributed by atoms with Gasteiger partial charge in [-0.05, 0) is 36.2 Å². The summed E-state index contributed by atoms with van der Waals surface area (Å²) in [6.07, 6.45) is 0. The molecule has 0 aliphatic heterocycles. The molecule has 0 radical (unpaired) electrons. The van der Waals surface area contributed by atoms with Crippen LogP contribution in [0.15, 0.2) is 40.9 Å². The van der Waals surface area contributed by atoms with Gasteiger partial charge in [-0.25, -0.2) is 0 Å². The van der Waals surface area contributed by atoms with Gasteiger partial charge >= 0.3 is 0 Å². The predicted molar refractivity (Wildman–Crippen MR) is 84.3 cm³/mol. The average molecular weight is 356 g/mol. The fourth-order valence-electron chi connectivity index (χ4n) is 1.82. The van der Waals surface area contributed by atoms with Crippen LogP contribution in [0.25, 0.3) is 0 Å². The molecule has 0 aliphatic rings. The molecule has 0 spiro atoms. The fourth-order valence-corrected chi connectivity index (χ4v) is 2.24. The fraction of sp³-hybridized carbons (Fsp3) is 0.143. The van der Waals surface area contributed by atoms with Crippen molar-refractivity contribution in [1.82, 2.24) is 0 Å². The van der Waals surface area contributed by atoms with Gasteiger partial charge in [-0.1, -0.05) is 39.7 Å². The Bertz CT molecular complexity index is 662. The molecule has 0 saturated heterocycles. The minimum Gasteiger partial charge on any atom is -0.375 e. The largest absolute Gasteiger partial charge is 0.375 e. The maximum absolute atomic E-state index is 11.0. The first-order valence-electron chi connectivity index (χ1n) is 5.90. The summed E-state index contributed by atoms with van der Waals surface area (Å²) < 4.78 is 1.04. The van der Waals surface area contributed by atoms with Gasteiger partial charge < -0.3 is 5.32 Å². The highest BCUT2D eigenvalue weighted by atomic mass is 79.9. The quantitative estimate of drug-likeness (QED) is 0.625. The third kappa shape index (κ3) is 3.49. The van der Waals surface area contributed by atoms with E-state index in [1.165, 1.54) is 12.1 Å². The number of aryl methyl sites for hydroxylation is 1. The highest BCUT2D eigenvalue weighted by molar-refractivity contribution is 9.10. The van der Waals surface area contributed by atoms with E-state index in [-0.39, 0.29) is 5.69 Å². The molecule has 0 fully saturated rings. The maximum atomic E-state index is 11.0. The minimum atomic E-state index is -0.425. The molecule has 20 heavy (non-hydrogen) atoms. The third-order valence-electron chi connectivity index (χ3n) is 2.86. The van der Waals surface area contributed by atoms with Gasteiger partial charge in [0.05, 0.1) is 4.92 Å². The van der Waals surface area contributed by atoms with Crippen molar-refractivity contribution in [3.05, 3.63) is 67.1 Å². The summed E-state index contributed by atoms with van der Waals surface area (Å²) in [4.78, 5) is 10.5. The molecule has 0 bridgehead atoms. The summed E-state index contributed by atoms with van der Waals surface area (Å²) in [5.74, 6) is 0. The summed E-state index contributed by atoms with van der Waals surface area (Å²) in [7, 11) is 0. The molecular weight excluding hydrogens is 344 g/mol. The highest BCUT2D eigenvalue weighted by Gasteiger charge is 2.13. The normalized spacial score (nSPS) is 10.3. The molecule has 0 aromatic heterocycles. The maximum Gasteiger partial charge on any atom is 0.292 e. The van der Waals surface area contributed by atoms with E-state index in [0.717, 1.165) is 15.6 Å². The smallest absolute Gasteiger partial charge is 0.292 e. The molecule has 2 aromatic carbocycles. The van der Waals surface area contributed by atoms with E-state index in [9.17, 15) is 10.1 Å². The number of rotatable bonds is 4. The van der Waals surface area contributed by atoms with Crippen LogP contribution in [0.1, 0.15) is 11.1 Å². The second kappa shape index (κ2) is 6.24. The van der Waals surface area contributed by atoms with Crippen molar-refractivity contribution in [1.29, 1.82) is 0 Å². The van der Waals surface area contributed by atoms with Gasteiger partial charge in [0.15, 0.2) is 0 Å². The van der Waals surface area contributed by atoms with E-state index in [2.05, 4.69) is 21.2 Å². The molecule has 0 saturated carbocycles. The molecule has 0 amide bonds. The molecule has 104 valence electrons. The molecule has 0 unspecified atom stereocenters. The lowest BCUT2D eigenvalue weighted by molar-refractivity contribution is -0.384. The van der Waals surface area contributed by atoms with E-state index in [4.69, 9.17) is 11.6 Å². The Morgan fingerprint density at radius 2 is 2.05 bits per heavy atom. The van der Waals surface area contributed by atoms with Crippen molar-refractivity contribution in [2.24, 2.45) is 0 Å². The Kier molecular flexibility index (Phi) is 4.62. The number of nitro groups is 1. The molecular formula is C14H12BrClN2O2. The van der Waals surface area contributed by atoms with E-state index < -0.39 is 4.92 Å². The number of nitro benzene ring substituents is 1.